The van der Waals surface area contributed by atoms with Gasteiger partial charge in [-0.15, -0.1) is 0 Å². The van der Waals surface area contributed by atoms with Gasteiger partial charge in [-0.25, -0.2) is 0 Å². The summed E-state index contributed by atoms with van der Waals surface area (Å²) in [5.74, 6) is 2.05. The number of hydrogen-bond acceptors (Lipinski definition) is 1. The van der Waals surface area contributed by atoms with E-state index in [9.17, 15) is 0 Å². The Labute approximate surface area is 69.8 Å². The van der Waals surface area contributed by atoms with E-state index in [-0.39, 0.29) is 0 Å². The van der Waals surface area contributed by atoms with E-state index in [1.165, 1.54) is 32.2 Å². The van der Waals surface area contributed by atoms with Crippen molar-refractivity contribution in [2.24, 2.45) is 11.8 Å². The molecule has 2 rings (SSSR count). The molecule has 0 spiro atoms. The number of rotatable bonds is 0. The molecule has 1 aliphatic heterocycles. The maximum atomic E-state index is 2.57. The van der Waals surface area contributed by atoms with Gasteiger partial charge >= 0.3 is 0 Å². The van der Waals surface area contributed by atoms with Gasteiger partial charge in [0.2, 0.25) is 0 Å². The maximum Gasteiger partial charge on any atom is 0.0121 e. The first-order valence-corrected chi connectivity index (χ1v) is 4.97. The van der Waals surface area contributed by atoms with Crippen LogP contribution in [0.15, 0.2) is 0 Å². The van der Waals surface area contributed by atoms with Crippen LogP contribution in [0.5, 0.6) is 0 Å². The second-order valence-corrected chi connectivity index (χ2v) is 4.51. The maximum absolute atomic E-state index is 2.57. The number of likely N-dealkylation sites (tertiary alicyclic amines) is 1. The van der Waals surface area contributed by atoms with Gasteiger partial charge in [0, 0.05) is 6.04 Å². The summed E-state index contributed by atoms with van der Waals surface area (Å²) in [6.07, 6.45) is 5.88. The van der Waals surface area contributed by atoms with Crippen LogP contribution in [0.25, 0.3) is 0 Å². The molecule has 1 saturated carbocycles. The van der Waals surface area contributed by atoms with Crippen molar-refractivity contribution in [3.05, 3.63) is 0 Å². The van der Waals surface area contributed by atoms with E-state index in [0.717, 1.165) is 17.9 Å². The molecular formula is C10H19N. The summed E-state index contributed by atoms with van der Waals surface area (Å²) in [6.45, 7) is 3.76. The van der Waals surface area contributed by atoms with Crippen molar-refractivity contribution in [3.8, 4) is 0 Å². The second-order valence-electron chi connectivity index (χ2n) is 4.51. The number of hydrogen-bond donors (Lipinski definition) is 0. The lowest BCUT2D eigenvalue weighted by atomic mass is 9.79. The lowest BCUT2D eigenvalue weighted by Crippen LogP contribution is -2.33. The summed E-state index contributed by atoms with van der Waals surface area (Å²) >= 11 is 0. The highest BCUT2D eigenvalue weighted by molar-refractivity contribution is 4.89. The molecule has 2 aliphatic rings. The van der Waals surface area contributed by atoms with Gasteiger partial charge < -0.3 is 4.90 Å². The third kappa shape index (κ3) is 1.31. The van der Waals surface area contributed by atoms with Gasteiger partial charge in [-0.3, -0.25) is 0 Å². The van der Waals surface area contributed by atoms with Crippen molar-refractivity contribution < 1.29 is 0 Å². The Morgan fingerprint density at radius 2 is 2.00 bits per heavy atom. The summed E-state index contributed by atoms with van der Waals surface area (Å²) in [6, 6.07) is 0.950. The summed E-state index contributed by atoms with van der Waals surface area (Å²) < 4.78 is 0. The Bertz CT molecular complexity index is 144. The fourth-order valence-corrected chi connectivity index (χ4v) is 2.91. The summed E-state index contributed by atoms with van der Waals surface area (Å²) in [7, 11) is 2.29. The molecule has 0 aromatic carbocycles. The fraction of sp³-hybridized carbons (Fsp3) is 1.00. The Hall–Kier alpha value is -0.0400. The van der Waals surface area contributed by atoms with Gasteiger partial charge in [0.05, 0.1) is 0 Å². The van der Waals surface area contributed by atoms with Crippen LogP contribution in [-0.2, 0) is 0 Å². The topological polar surface area (TPSA) is 3.24 Å². The van der Waals surface area contributed by atoms with Gasteiger partial charge in [0.15, 0.2) is 0 Å². The molecule has 64 valence electrons. The van der Waals surface area contributed by atoms with Crippen molar-refractivity contribution in [3.63, 3.8) is 0 Å². The van der Waals surface area contributed by atoms with Crippen LogP contribution < -0.4 is 0 Å². The SMILES string of the molecule is C[C@@H]1CCC2C(CCN2C)C1. The Morgan fingerprint density at radius 3 is 2.82 bits per heavy atom. The largest absolute Gasteiger partial charge is 0.303 e. The molecule has 1 nitrogen and oxygen atoms in total. The smallest absolute Gasteiger partial charge is 0.0121 e. The highest BCUT2D eigenvalue weighted by Gasteiger charge is 2.35. The van der Waals surface area contributed by atoms with E-state index in [1.807, 2.05) is 0 Å². The van der Waals surface area contributed by atoms with E-state index < -0.39 is 0 Å². The van der Waals surface area contributed by atoms with Crippen LogP contribution in [0.3, 0.4) is 0 Å². The minimum Gasteiger partial charge on any atom is -0.303 e. The Morgan fingerprint density at radius 1 is 1.18 bits per heavy atom. The molecule has 0 amide bonds. The standard InChI is InChI=1S/C10H19N/c1-8-3-4-10-9(7-8)5-6-11(10)2/h8-10H,3-7H2,1-2H3/t8-,9?,10?/m1/s1. The van der Waals surface area contributed by atoms with Crippen molar-refractivity contribution in [2.75, 3.05) is 13.6 Å². The molecular weight excluding hydrogens is 134 g/mol. The molecule has 0 aromatic heterocycles. The Kier molecular flexibility index (Phi) is 1.92. The van der Waals surface area contributed by atoms with Crippen LogP contribution >= 0.6 is 0 Å². The molecule has 2 unspecified atom stereocenters. The molecule has 1 heteroatoms. The molecule has 0 radical (unpaired) electrons. The minimum atomic E-state index is 0.950. The van der Waals surface area contributed by atoms with E-state index >= 15 is 0 Å². The zero-order chi connectivity index (χ0) is 7.84. The fourth-order valence-electron chi connectivity index (χ4n) is 2.91. The van der Waals surface area contributed by atoms with Gasteiger partial charge in [-0.2, -0.15) is 0 Å². The van der Waals surface area contributed by atoms with Crippen molar-refractivity contribution >= 4 is 0 Å². The van der Waals surface area contributed by atoms with Crippen molar-refractivity contribution in [1.82, 2.24) is 4.90 Å². The lowest BCUT2D eigenvalue weighted by Gasteiger charge is -2.32. The quantitative estimate of drug-likeness (QED) is 0.515. The molecule has 3 atom stereocenters. The first-order chi connectivity index (χ1) is 5.27. The first kappa shape index (κ1) is 7.60. The van der Waals surface area contributed by atoms with Gasteiger partial charge in [-0.05, 0) is 51.1 Å². The molecule has 1 heterocycles. The predicted octanol–water partition coefficient (Wildman–Crippen LogP) is 2.13. The normalized spacial score (nSPS) is 45.8. The molecule has 0 bridgehead atoms. The van der Waals surface area contributed by atoms with Crippen molar-refractivity contribution in [2.45, 2.75) is 38.6 Å². The predicted molar refractivity (Wildman–Crippen MR) is 47.5 cm³/mol. The second kappa shape index (κ2) is 2.78. The highest BCUT2D eigenvalue weighted by Crippen LogP contribution is 2.37. The van der Waals surface area contributed by atoms with Crippen LogP contribution in [0.1, 0.15) is 32.6 Å². The summed E-state index contributed by atoms with van der Waals surface area (Å²) in [4.78, 5) is 2.57. The lowest BCUT2D eigenvalue weighted by molar-refractivity contribution is 0.182. The van der Waals surface area contributed by atoms with Crippen LogP contribution in [-0.4, -0.2) is 24.5 Å². The molecule has 1 aliphatic carbocycles. The van der Waals surface area contributed by atoms with E-state index in [4.69, 9.17) is 0 Å². The van der Waals surface area contributed by atoms with E-state index in [2.05, 4.69) is 18.9 Å². The average Bonchev–Trinajstić information content (AvgIpc) is 2.32. The first-order valence-electron chi connectivity index (χ1n) is 4.97. The van der Waals surface area contributed by atoms with Crippen molar-refractivity contribution in [1.29, 1.82) is 0 Å². The van der Waals surface area contributed by atoms with Gasteiger partial charge in [0.1, 0.15) is 0 Å². The van der Waals surface area contributed by atoms with Gasteiger partial charge in [-0.1, -0.05) is 6.92 Å². The molecule has 1 saturated heterocycles. The summed E-state index contributed by atoms with van der Waals surface area (Å²) in [5.41, 5.74) is 0. The molecule has 0 N–H and O–H groups in total. The number of nitrogens with zero attached hydrogens (tertiary/aromatic N) is 1. The van der Waals surface area contributed by atoms with E-state index in [1.54, 1.807) is 0 Å². The number of fused-ring (bicyclic) bond motifs is 1. The van der Waals surface area contributed by atoms with E-state index in [0.29, 0.717) is 0 Å². The average molecular weight is 153 g/mol. The zero-order valence-corrected chi connectivity index (χ0v) is 7.71. The minimum absolute atomic E-state index is 0.950. The van der Waals surface area contributed by atoms with Crippen LogP contribution in [0.2, 0.25) is 0 Å². The summed E-state index contributed by atoms with van der Waals surface area (Å²) in [5, 5.41) is 0. The third-order valence-corrected chi connectivity index (χ3v) is 3.62. The molecule has 2 fully saturated rings. The molecule has 0 aromatic rings. The van der Waals surface area contributed by atoms with Crippen LogP contribution in [0.4, 0.5) is 0 Å². The third-order valence-electron chi connectivity index (χ3n) is 3.62. The molecule has 11 heavy (non-hydrogen) atoms. The van der Waals surface area contributed by atoms with Gasteiger partial charge in [0.25, 0.3) is 0 Å². The monoisotopic (exact) mass is 153 g/mol. The Balaban J connectivity index is 2.00. The van der Waals surface area contributed by atoms with Crippen LogP contribution in [0, 0.1) is 11.8 Å². The zero-order valence-electron chi connectivity index (χ0n) is 7.71. The highest BCUT2D eigenvalue weighted by atomic mass is 15.2.